The second-order valence-electron chi connectivity index (χ2n) is 9.19. The van der Waals surface area contributed by atoms with Gasteiger partial charge in [-0.15, -0.1) is 0 Å². The molecule has 200 valence electrons. The van der Waals surface area contributed by atoms with Crippen molar-refractivity contribution >= 4 is 23.0 Å². The molecule has 0 aliphatic carbocycles. The number of para-hydroxylation sites is 1. The van der Waals surface area contributed by atoms with Crippen LogP contribution in [0.1, 0.15) is 28.4 Å². The quantitative estimate of drug-likeness (QED) is 0.248. The summed E-state index contributed by atoms with van der Waals surface area (Å²) in [5.41, 5.74) is 7.42. The van der Waals surface area contributed by atoms with Gasteiger partial charge >= 0.3 is 0 Å². The van der Waals surface area contributed by atoms with Crippen LogP contribution in [0.2, 0.25) is 0 Å². The third-order valence-corrected chi connectivity index (χ3v) is 6.58. The zero-order valence-corrected chi connectivity index (χ0v) is 22.2. The van der Waals surface area contributed by atoms with E-state index in [1.807, 2.05) is 73.7 Å². The predicted octanol–water partition coefficient (Wildman–Crippen LogP) is 4.91. The van der Waals surface area contributed by atoms with E-state index in [-0.39, 0.29) is 5.91 Å². The standard InChI is InChI=1S/C31H32N4O4/c1-3-39-25-8-6-7-23(18-25)29-19-27(26-9-4-5-10-28(26)33-29)31(36)34-32-20-22-11-12-30(37-2)24(17-22)21-35-13-15-38-16-14-35/h4-12,17-20H,3,13-16,21H2,1-2H3,(H,34,36). The molecule has 0 spiro atoms. The van der Waals surface area contributed by atoms with Gasteiger partial charge in [-0.25, -0.2) is 10.4 Å². The van der Waals surface area contributed by atoms with Crippen molar-refractivity contribution in [2.45, 2.75) is 13.5 Å². The fourth-order valence-corrected chi connectivity index (χ4v) is 4.65. The number of benzene rings is 3. The summed E-state index contributed by atoms with van der Waals surface area (Å²) >= 11 is 0. The van der Waals surface area contributed by atoms with Crippen LogP contribution in [0.3, 0.4) is 0 Å². The Kier molecular flexibility index (Phi) is 8.45. The third kappa shape index (κ3) is 6.42. The summed E-state index contributed by atoms with van der Waals surface area (Å²) < 4.78 is 16.7. The SMILES string of the molecule is CCOc1cccc(-c2cc(C(=O)NN=Cc3ccc(OC)c(CN4CCOCC4)c3)c3ccccc3n2)c1. The molecular weight excluding hydrogens is 492 g/mol. The number of amides is 1. The maximum atomic E-state index is 13.3. The van der Waals surface area contributed by atoms with Crippen molar-refractivity contribution in [1.29, 1.82) is 0 Å². The van der Waals surface area contributed by atoms with Gasteiger partial charge in [0.2, 0.25) is 0 Å². The van der Waals surface area contributed by atoms with Crippen molar-refractivity contribution in [3.63, 3.8) is 0 Å². The number of methoxy groups -OCH3 is 1. The summed E-state index contributed by atoms with van der Waals surface area (Å²) in [6.45, 7) is 6.52. The van der Waals surface area contributed by atoms with E-state index in [4.69, 9.17) is 19.2 Å². The molecule has 39 heavy (non-hydrogen) atoms. The molecule has 3 aromatic carbocycles. The van der Waals surface area contributed by atoms with Crippen LogP contribution in [0.15, 0.2) is 77.9 Å². The summed E-state index contributed by atoms with van der Waals surface area (Å²) in [6, 6.07) is 23.0. The monoisotopic (exact) mass is 524 g/mol. The van der Waals surface area contributed by atoms with Crippen molar-refractivity contribution in [2.75, 3.05) is 40.0 Å². The maximum Gasteiger partial charge on any atom is 0.272 e. The van der Waals surface area contributed by atoms with E-state index in [0.29, 0.717) is 17.9 Å². The van der Waals surface area contributed by atoms with E-state index in [0.717, 1.165) is 71.9 Å². The number of rotatable bonds is 9. The van der Waals surface area contributed by atoms with Gasteiger partial charge in [-0.05, 0) is 55.0 Å². The molecule has 1 fully saturated rings. The van der Waals surface area contributed by atoms with E-state index < -0.39 is 0 Å². The number of pyridine rings is 1. The molecule has 1 saturated heterocycles. The molecule has 0 bridgehead atoms. The topological polar surface area (TPSA) is 85.3 Å². The predicted molar refractivity (Wildman–Crippen MR) is 152 cm³/mol. The summed E-state index contributed by atoms with van der Waals surface area (Å²) in [4.78, 5) is 20.4. The Morgan fingerprint density at radius 1 is 1.08 bits per heavy atom. The van der Waals surface area contributed by atoms with Gasteiger partial charge in [0, 0.05) is 36.1 Å². The maximum absolute atomic E-state index is 13.3. The first kappa shape index (κ1) is 26.3. The number of carbonyl (C=O) groups excluding carboxylic acids is 1. The molecule has 1 aromatic heterocycles. The zero-order valence-electron chi connectivity index (χ0n) is 22.2. The Morgan fingerprint density at radius 3 is 2.74 bits per heavy atom. The van der Waals surface area contributed by atoms with Gasteiger partial charge in [0.15, 0.2) is 0 Å². The Bertz CT molecular complexity index is 1480. The highest BCUT2D eigenvalue weighted by atomic mass is 16.5. The minimum Gasteiger partial charge on any atom is -0.496 e. The highest BCUT2D eigenvalue weighted by Gasteiger charge is 2.15. The number of hydrogen-bond acceptors (Lipinski definition) is 7. The number of nitrogens with one attached hydrogen (secondary N) is 1. The first-order valence-electron chi connectivity index (χ1n) is 13.1. The first-order chi connectivity index (χ1) is 19.1. The first-order valence-corrected chi connectivity index (χ1v) is 13.1. The van der Waals surface area contributed by atoms with Crippen LogP contribution < -0.4 is 14.9 Å². The normalized spacial score (nSPS) is 14.0. The van der Waals surface area contributed by atoms with E-state index >= 15 is 0 Å². The Hall–Kier alpha value is -4.27. The number of hydrogen-bond donors (Lipinski definition) is 1. The van der Waals surface area contributed by atoms with Gasteiger partial charge in [0.05, 0.1) is 49.9 Å². The lowest BCUT2D eigenvalue weighted by Gasteiger charge is -2.27. The molecule has 0 atom stereocenters. The number of nitrogens with zero attached hydrogens (tertiary/aromatic N) is 3. The zero-order chi connectivity index (χ0) is 27.0. The van der Waals surface area contributed by atoms with E-state index in [1.54, 1.807) is 19.4 Å². The molecule has 0 radical (unpaired) electrons. The molecule has 8 heteroatoms. The Balaban J connectivity index is 1.37. The molecule has 1 N–H and O–H groups in total. The molecule has 1 aliphatic heterocycles. The van der Waals surface area contributed by atoms with Gasteiger partial charge in [-0.3, -0.25) is 9.69 Å². The second-order valence-corrected chi connectivity index (χ2v) is 9.19. The lowest BCUT2D eigenvalue weighted by molar-refractivity contribution is 0.0339. The van der Waals surface area contributed by atoms with Gasteiger partial charge < -0.3 is 14.2 Å². The smallest absolute Gasteiger partial charge is 0.272 e. The number of aromatic nitrogens is 1. The van der Waals surface area contributed by atoms with Gasteiger partial charge in [-0.2, -0.15) is 5.10 Å². The van der Waals surface area contributed by atoms with Crippen molar-refractivity contribution in [2.24, 2.45) is 5.10 Å². The van der Waals surface area contributed by atoms with Crippen LogP contribution in [0, 0.1) is 0 Å². The van der Waals surface area contributed by atoms with Crippen molar-refractivity contribution in [1.82, 2.24) is 15.3 Å². The fraction of sp³-hybridized carbons (Fsp3) is 0.258. The molecule has 0 unspecified atom stereocenters. The summed E-state index contributed by atoms with van der Waals surface area (Å²) in [7, 11) is 1.67. The summed E-state index contributed by atoms with van der Waals surface area (Å²) in [6.07, 6.45) is 1.65. The lowest BCUT2D eigenvalue weighted by Crippen LogP contribution is -2.35. The van der Waals surface area contributed by atoms with E-state index in [1.165, 1.54) is 0 Å². The molecular formula is C31H32N4O4. The number of carbonyl (C=O) groups is 1. The lowest BCUT2D eigenvalue weighted by atomic mass is 10.0. The summed E-state index contributed by atoms with van der Waals surface area (Å²) in [5.74, 6) is 1.27. The van der Waals surface area contributed by atoms with Crippen LogP contribution >= 0.6 is 0 Å². The Labute approximate surface area is 228 Å². The second kappa shape index (κ2) is 12.5. The Morgan fingerprint density at radius 2 is 1.92 bits per heavy atom. The molecule has 1 amide bonds. The van der Waals surface area contributed by atoms with Gasteiger partial charge in [-0.1, -0.05) is 30.3 Å². The van der Waals surface area contributed by atoms with Crippen LogP contribution in [-0.2, 0) is 11.3 Å². The van der Waals surface area contributed by atoms with Crippen LogP contribution in [0.4, 0.5) is 0 Å². The van der Waals surface area contributed by atoms with Crippen LogP contribution in [0.5, 0.6) is 11.5 Å². The van der Waals surface area contributed by atoms with Crippen molar-refractivity contribution < 1.29 is 19.0 Å². The highest BCUT2D eigenvalue weighted by Crippen LogP contribution is 2.27. The number of morpholine rings is 1. The van der Waals surface area contributed by atoms with Crippen molar-refractivity contribution in [3.05, 3.63) is 89.5 Å². The molecule has 5 rings (SSSR count). The molecule has 0 saturated carbocycles. The van der Waals surface area contributed by atoms with Gasteiger partial charge in [0.1, 0.15) is 11.5 Å². The third-order valence-electron chi connectivity index (χ3n) is 6.58. The van der Waals surface area contributed by atoms with Crippen LogP contribution in [0.25, 0.3) is 22.2 Å². The highest BCUT2D eigenvalue weighted by molar-refractivity contribution is 6.07. The number of hydrazone groups is 1. The van der Waals surface area contributed by atoms with E-state index in [9.17, 15) is 4.79 Å². The van der Waals surface area contributed by atoms with Crippen molar-refractivity contribution in [3.8, 4) is 22.8 Å². The average molecular weight is 525 g/mol. The van der Waals surface area contributed by atoms with E-state index in [2.05, 4.69) is 15.4 Å². The molecule has 8 nitrogen and oxygen atoms in total. The minimum atomic E-state index is -0.311. The fourth-order valence-electron chi connectivity index (χ4n) is 4.65. The molecule has 1 aliphatic rings. The summed E-state index contributed by atoms with van der Waals surface area (Å²) in [5, 5.41) is 5.03. The number of ether oxygens (including phenoxy) is 3. The largest absolute Gasteiger partial charge is 0.496 e. The van der Waals surface area contributed by atoms with Crippen LogP contribution in [-0.4, -0.2) is 62.0 Å². The average Bonchev–Trinajstić information content (AvgIpc) is 2.97. The van der Waals surface area contributed by atoms with Gasteiger partial charge in [0.25, 0.3) is 5.91 Å². The number of fused-ring (bicyclic) bond motifs is 1. The molecule has 2 heterocycles. The minimum absolute atomic E-state index is 0.311. The molecule has 4 aromatic rings.